The lowest BCUT2D eigenvalue weighted by Gasteiger charge is -2.51. The number of hydrogen-bond acceptors (Lipinski definition) is 30. The number of piperidine rings is 6. The molecule has 9 rings (SSSR count). The van der Waals surface area contributed by atoms with Gasteiger partial charge in [-0.1, -0.05) is 0 Å². The third kappa shape index (κ3) is 17.4. The van der Waals surface area contributed by atoms with Crippen LogP contribution in [0.1, 0.15) is 243 Å². The lowest BCUT2D eigenvalue weighted by Crippen LogP contribution is -2.61. The summed E-state index contributed by atoms with van der Waals surface area (Å²) in [5.74, 6) is 1.66. The maximum atomic E-state index is 11.4. The molecule has 11 N–H and O–H groups in total. The van der Waals surface area contributed by atoms with Gasteiger partial charge in [0.2, 0.25) is 35.7 Å². The summed E-state index contributed by atoms with van der Waals surface area (Å²) in [6, 6.07) is -0.106. The van der Waals surface area contributed by atoms with E-state index in [0.717, 1.165) is 0 Å². The number of nitrogens with one attached hydrogen (secondary N) is 5. The van der Waals surface area contributed by atoms with Crippen LogP contribution in [0.3, 0.4) is 0 Å². The van der Waals surface area contributed by atoms with E-state index >= 15 is 0 Å². The van der Waals surface area contributed by atoms with Crippen molar-refractivity contribution in [3.05, 3.63) is 0 Å². The molecular weight excluding hydrogens is 1240 g/mol. The number of hydroxylamine groups is 12. The van der Waals surface area contributed by atoms with Crippen LogP contribution in [0.5, 0.6) is 18.0 Å². The largest absolute Gasteiger partial charge is 0.460 e. The minimum absolute atomic E-state index is 0.0954. The minimum Gasteiger partial charge on any atom is -0.460 e. The summed E-state index contributed by atoms with van der Waals surface area (Å²) in [4.78, 5) is 46.8. The van der Waals surface area contributed by atoms with E-state index in [1.165, 1.54) is 30.4 Å². The molecule has 0 bridgehead atoms. The lowest BCUT2D eigenvalue weighted by atomic mass is 9.79. The molecule has 548 valence electrons. The molecule has 0 amide bonds. The lowest BCUT2D eigenvalue weighted by molar-refractivity contribution is -0.255. The fourth-order valence-corrected chi connectivity index (χ4v) is 17.5. The van der Waals surface area contributed by atoms with Crippen LogP contribution in [0.2, 0.25) is 0 Å². The van der Waals surface area contributed by atoms with Gasteiger partial charge < -0.3 is 76.9 Å². The average molecular weight is 1360 g/mol. The second kappa shape index (κ2) is 26.6. The number of ether oxygens (including phenoxy) is 3. The predicted octanol–water partition coefficient (Wildman–Crippen LogP) is 10.1. The average Bonchev–Trinajstić information content (AvgIpc) is 0.802. The van der Waals surface area contributed by atoms with E-state index in [2.05, 4.69) is 26.6 Å². The first kappa shape index (κ1) is 75.9. The van der Waals surface area contributed by atoms with E-state index in [1.54, 1.807) is 0 Å². The van der Waals surface area contributed by atoms with Crippen LogP contribution in [0.25, 0.3) is 0 Å². The van der Waals surface area contributed by atoms with Gasteiger partial charge in [-0.25, -0.2) is 0 Å². The van der Waals surface area contributed by atoms with Crippen molar-refractivity contribution in [2.45, 2.75) is 346 Å². The van der Waals surface area contributed by atoms with E-state index in [-0.39, 0.29) is 98.3 Å². The number of hydrogen-bond donors (Lipinski definition) is 11. The highest BCUT2D eigenvalue weighted by atomic mass is 16.5. The molecule has 0 spiro atoms. The number of rotatable bonds is 21. The second-order valence-corrected chi connectivity index (χ2v) is 36.4. The third-order valence-corrected chi connectivity index (χ3v) is 21.0. The van der Waals surface area contributed by atoms with Gasteiger partial charge in [-0.2, -0.15) is 75.2 Å². The normalized spacial score (nSPS) is 26.2. The van der Waals surface area contributed by atoms with Gasteiger partial charge in [-0.3, -0.25) is 0 Å². The van der Waals surface area contributed by atoms with Crippen molar-refractivity contribution in [1.82, 2.24) is 75.2 Å². The van der Waals surface area contributed by atoms with Gasteiger partial charge in [-0.05, 0) is 205 Å². The Hall–Kier alpha value is -5.25. The third-order valence-electron chi connectivity index (χ3n) is 21.0. The van der Waals surface area contributed by atoms with E-state index in [9.17, 15) is 31.2 Å². The summed E-state index contributed by atoms with van der Waals surface area (Å²) in [5.41, 5.74) is -7.19. The van der Waals surface area contributed by atoms with Crippen LogP contribution in [0.4, 0.5) is 35.7 Å². The highest BCUT2D eigenvalue weighted by Crippen LogP contribution is 2.44. The highest BCUT2D eigenvalue weighted by Gasteiger charge is 2.52. The maximum Gasteiger partial charge on any atom is 0.323 e. The Labute approximate surface area is 576 Å². The quantitative estimate of drug-likeness (QED) is 0.0472. The van der Waals surface area contributed by atoms with Gasteiger partial charge in [0.1, 0.15) is 18.3 Å². The van der Waals surface area contributed by atoms with Crippen LogP contribution in [-0.4, -0.2) is 236 Å². The molecule has 6 aliphatic heterocycles. The summed E-state index contributed by atoms with van der Waals surface area (Å²) in [7, 11) is 0. The Morgan fingerprint density at radius 2 is 0.505 bits per heavy atom. The van der Waals surface area contributed by atoms with Crippen LogP contribution in [-0.2, 0) is 0 Å². The Bertz CT molecular complexity index is 2800. The SMILES string of the molecule is CC1(C)CC(Nc2nc(NCCN(CCNc3nc(NC4CC(C)(C)N(O)C(C)(C)C4)nc(OC4CC(C)(C)N(O)C(C)(C)C4)n3)c3nc(NC4CC(C)(C)N(O)C(C)(C)C4)nc(OC4CC(C)(C)N(O)C(C)(C)C4)n3)nc(OC3CC(C)(C)N(O)C(C)(C)C3)n2)CC(C)(C)N1O. The fourth-order valence-electron chi connectivity index (χ4n) is 17.5. The summed E-state index contributed by atoms with van der Waals surface area (Å²) >= 11 is 0. The van der Waals surface area contributed by atoms with Crippen molar-refractivity contribution < 1.29 is 45.5 Å². The van der Waals surface area contributed by atoms with E-state index in [1.807, 2.05) is 171 Å². The highest BCUT2D eigenvalue weighted by molar-refractivity contribution is 5.43. The smallest absolute Gasteiger partial charge is 0.323 e. The zero-order valence-corrected chi connectivity index (χ0v) is 62.8. The van der Waals surface area contributed by atoms with Crippen molar-refractivity contribution in [3.8, 4) is 18.0 Å². The molecule has 30 heteroatoms. The van der Waals surface area contributed by atoms with Gasteiger partial charge >= 0.3 is 18.0 Å². The van der Waals surface area contributed by atoms with Gasteiger partial charge in [0.25, 0.3) is 0 Å². The standard InChI is InChI=1S/C67H121N21O9/c1-56(2)29-41(30-57(3,4)83(56)89)70-49-73-47(76-53(78-49)95-44-35-62(13,14)86(92)63(15,16)36-44)68-25-27-82(52-75-51(72-43-33-60(9,10)85(91)61(11,12)34-43)80-55(81-52)97-46-39-66(21,22)88(94)67(23,24)40-46)28-26-69-48-74-50(71-42-31-58(5,6)84(90)59(7,8)32-42)79-54(77-48)96-45-37-64(17,18)87(93)65(19,20)38-45/h41-46,89-94H,25-40H2,1-24H3,(H,72,75,80,81)(H2,68,70,73,76,78)(H2,69,71,74,77,79). The summed E-state index contributed by atoms with van der Waals surface area (Å²) in [6.45, 7) is 49.0. The zero-order chi connectivity index (χ0) is 72.0. The molecule has 0 unspecified atom stereocenters. The second-order valence-electron chi connectivity index (χ2n) is 36.4. The molecule has 0 aromatic carbocycles. The monoisotopic (exact) mass is 1360 g/mol. The predicted molar refractivity (Wildman–Crippen MR) is 370 cm³/mol. The molecule has 0 atom stereocenters. The number of aromatic nitrogens is 9. The molecule has 30 nitrogen and oxygen atoms in total. The molecule has 6 saturated heterocycles. The van der Waals surface area contributed by atoms with Crippen molar-refractivity contribution in [1.29, 1.82) is 0 Å². The molecule has 3 aromatic rings. The Morgan fingerprint density at radius 3 is 0.753 bits per heavy atom. The van der Waals surface area contributed by atoms with Gasteiger partial charge in [0, 0.05) is 149 Å². The summed E-state index contributed by atoms with van der Waals surface area (Å²) < 4.78 is 20.3. The van der Waals surface area contributed by atoms with E-state index < -0.39 is 72.6 Å². The molecule has 97 heavy (non-hydrogen) atoms. The van der Waals surface area contributed by atoms with Gasteiger partial charge in [0.05, 0.1) is 0 Å². The molecule has 9 heterocycles. The molecule has 6 aliphatic rings. The fraction of sp³-hybridized carbons (Fsp3) is 0.866. The molecular formula is C67H121N21O9. The first-order valence-corrected chi connectivity index (χ1v) is 35.0. The van der Waals surface area contributed by atoms with Gasteiger partial charge in [-0.15, -0.1) is 0 Å². The number of nitrogens with zero attached hydrogens (tertiary/aromatic N) is 16. The van der Waals surface area contributed by atoms with Crippen LogP contribution in [0.15, 0.2) is 0 Å². The molecule has 0 radical (unpaired) electrons. The summed E-state index contributed by atoms with van der Waals surface area (Å²) in [5, 5.41) is 94.2. The van der Waals surface area contributed by atoms with Crippen LogP contribution < -0.4 is 45.7 Å². The first-order chi connectivity index (χ1) is 44.3. The first-order valence-electron chi connectivity index (χ1n) is 35.0. The van der Waals surface area contributed by atoms with Crippen molar-refractivity contribution in [2.75, 3.05) is 57.7 Å². The maximum absolute atomic E-state index is 11.4. The van der Waals surface area contributed by atoms with Crippen molar-refractivity contribution in [3.63, 3.8) is 0 Å². The molecule has 3 aromatic heterocycles. The minimum atomic E-state index is -0.643. The molecule has 6 fully saturated rings. The van der Waals surface area contributed by atoms with Crippen molar-refractivity contribution in [2.24, 2.45) is 0 Å². The van der Waals surface area contributed by atoms with Gasteiger partial charge in [0.15, 0.2) is 0 Å². The number of anilines is 6. The summed E-state index contributed by atoms with van der Waals surface area (Å²) in [6.07, 6.45) is 5.40. The van der Waals surface area contributed by atoms with Crippen LogP contribution in [0, 0.1) is 0 Å². The Morgan fingerprint density at radius 1 is 0.299 bits per heavy atom. The van der Waals surface area contributed by atoms with Crippen LogP contribution >= 0.6 is 0 Å². The van der Waals surface area contributed by atoms with E-state index in [4.69, 9.17) is 59.1 Å². The van der Waals surface area contributed by atoms with Crippen molar-refractivity contribution >= 4 is 35.7 Å². The molecule has 0 aliphatic carbocycles. The Balaban J connectivity index is 1.08. The Kier molecular flexibility index (Phi) is 20.8. The topological polar surface area (TPSA) is 348 Å². The molecule has 0 saturated carbocycles. The zero-order valence-electron chi connectivity index (χ0n) is 62.8. The van der Waals surface area contributed by atoms with E-state index in [0.29, 0.717) is 88.9 Å².